The molecule has 2 aliphatic carbocycles. The summed E-state index contributed by atoms with van der Waals surface area (Å²) >= 11 is -0.662. The maximum Gasteiger partial charge on any atom is -1.00 e. The summed E-state index contributed by atoms with van der Waals surface area (Å²) in [6, 6.07) is 0. The molecule has 0 fully saturated rings. The van der Waals surface area contributed by atoms with Gasteiger partial charge in [0, 0.05) is 0 Å². The average Bonchev–Trinajstić information content (AvgIpc) is 2.65. The summed E-state index contributed by atoms with van der Waals surface area (Å²) in [7, 11) is 0. The molecule has 1 unspecified atom stereocenters. The molecule has 0 saturated carbocycles. The van der Waals surface area contributed by atoms with Crippen LogP contribution in [0.1, 0.15) is 20.3 Å². The van der Waals surface area contributed by atoms with Crippen molar-refractivity contribution >= 4 is 0 Å². The summed E-state index contributed by atoms with van der Waals surface area (Å²) in [4.78, 5) is 0. The third-order valence-corrected chi connectivity index (χ3v) is 9.15. The molecule has 1 atom stereocenters. The molecular weight excluding hydrogens is 394 g/mol. The van der Waals surface area contributed by atoms with Gasteiger partial charge >= 0.3 is 91.7 Å². The number of allylic oxidation sites excluding steroid dienone is 8. The molecule has 2 aliphatic rings. The number of hydrogen-bond donors (Lipinski definition) is 0. The Hall–Kier alpha value is 0.410. The third-order valence-electron chi connectivity index (χ3n) is 2.79. The van der Waals surface area contributed by atoms with Crippen LogP contribution in [0.4, 0.5) is 0 Å². The molecular formula is C12H14Cl2Hf. The van der Waals surface area contributed by atoms with E-state index in [1.165, 1.54) is 6.42 Å². The second kappa shape index (κ2) is 6.22. The summed E-state index contributed by atoms with van der Waals surface area (Å²) in [5, 5.41) is 0. The minimum Gasteiger partial charge on any atom is -1.00 e. The predicted octanol–water partition coefficient (Wildman–Crippen LogP) is -2.38. The minimum absolute atomic E-state index is 0. The van der Waals surface area contributed by atoms with Crippen LogP contribution in [0, 0.1) is 0 Å². The molecule has 0 nitrogen and oxygen atoms in total. The fraction of sp³-hybridized carbons (Fsp3) is 0.333. The van der Waals surface area contributed by atoms with Gasteiger partial charge in [-0.3, -0.25) is 0 Å². The largest absolute Gasteiger partial charge is 1.00 e. The van der Waals surface area contributed by atoms with Gasteiger partial charge in [-0.05, 0) is 0 Å². The van der Waals surface area contributed by atoms with Crippen molar-refractivity contribution in [2.45, 2.75) is 23.4 Å². The molecule has 0 radical (unpaired) electrons. The Morgan fingerprint density at radius 2 is 1.93 bits per heavy atom. The zero-order valence-corrected chi connectivity index (χ0v) is 14.0. The molecule has 0 N–H and O–H groups in total. The molecule has 0 spiro atoms. The van der Waals surface area contributed by atoms with Crippen molar-refractivity contribution in [1.82, 2.24) is 0 Å². The molecule has 3 heteroatoms. The smallest absolute Gasteiger partial charge is 1.00 e. The van der Waals surface area contributed by atoms with Gasteiger partial charge in [0.05, 0.1) is 0 Å². The van der Waals surface area contributed by atoms with Crippen LogP contribution in [0.3, 0.4) is 0 Å². The molecule has 0 amide bonds. The number of hydrogen-bond acceptors (Lipinski definition) is 0. The van der Waals surface area contributed by atoms with E-state index in [1.54, 1.807) is 8.90 Å². The van der Waals surface area contributed by atoms with E-state index in [2.05, 4.69) is 50.3 Å². The normalized spacial score (nSPS) is 26.3. The Labute approximate surface area is 116 Å². The van der Waals surface area contributed by atoms with Crippen LogP contribution in [0.5, 0.6) is 0 Å². The second-order valence-electron chi connectivity index (χ2n) is 3.86. The van der Waals surface area contributed by atoms with Crippen molar-refractivity contribution in [3.63, 3.8) is 0 Å². The van der Waals surface area contributed by atoms with Crippen LogP contribution in [0.25, 0.3) is 0 Å². The van der Waals surface area contributed by atoms with Crippen molar-refractivity contribution in [2.24, 2.45) is 0 Å². The van der Waals surface area contributed by atoms with Gasteiger partial charge in [0.25, 0.3) is 0 Å². The summed E-state index contributed by atoms with van der Waals surface area (Å²) in [5.74, 6) is 0. The van der Waals surface area contributed by atoms with E-state index in [1.807, 2.05) is 0 Å². The standard InChI is InChI=1S/C7H9.C5H5.2ClH.Hf/c1-6-4-3-5-7(6)2;1-2-4-5-3-1;;;/h3-5H,1-2H3;1-3H,4H2;2*1H;/q;;;;+2/p-2. The van der Waals surface area contributed by atoms with Crippen LogP contribution in [0.2, 0.25) is 3.17 Å². The van der Waals surface area contributed by atoms with E-state index in [-0.39, 0.29) is 24.8 Å². The summed E-state index contributed by atoms with van der Waals surface area (Å²) in [6.07, 6.45) is 15.0. The van der Waals surface area contributed by atoms with Gasteiger partial charge in [0.2, 0.25) is 0 Å². The Morgan fingerprint density at radius 1 is 1.20 bits per heavy atom. The van der Waals surface area contributed by atoms with Crippen molar-refractivity contribution < 1.29 is 47.7 Å². The summed E-state index contributed by atoms with van der Waals surface area (Å²) in [5.41, 5.74) is 1.57. The van der Waals surface area contributed by atoms with Crippen molar-refractivity contribution in [2.75, 3.05) is 0 Å². The molecule has 0 bridgehead atoms. The first kappa shape index (κ1) is 15.4. The zero-order valence-electron chi connectivity index (χ0n) is 8.93. The molecule has 0 heterocycles. The number of halogens is 2. The second-order valence-corrected chi connectivity index (χ2v) is 10.8. The average molecular weight is 408 g/mol. The monoisotopic (exact) mass is 408 g/mol. The molecule has 0 aromatic heterocycles. The SMILES string of the molecule is CC1=CC=C[C]1(C)[Hf+2][C]1=CC=CC1.[Cl-].[Cl-]. The van der Waals surface area contributed by atoms with Crippen LogP contribution >= 0.6 is 0 Å². The van der Waals surface area contributed by atoms with Crippen molar-refractivity contribution in [3.05, 3.63) is 45.4 Å². The van der Waals surface area contributed by atoms with E-state index >= 15 is 0 Å². The summed E-state index contributed by atoms with van der Waals surface area (Å²) < 4.78 is 2.24. The zero-order chi connectivity index (χ0) is 9.31. The minimum atomic E-state index is -0.662. The van der Waals surface area contributed by atoms with E-state index in [4.69, 9.17) is 0 Å². The maximum absolute atomic E-state index is 2.41. The van der Waals surface area contributed by atoms with Crippen LogP contribution in [-0.2, 0) is 22.9 Å². The Balaban J connectivity index is 0.000000980. The maximum atomic E-state index is 2.41. The van der Waals surface area contributed by atoms with E-state index in [0.717, 1.165) is 0 Å². The molecule has 0 aliphatic heterocycles. The van der Waals surface area contributed by atoms with Crippen LogP contribution in [0.15, 0.2) is 45.4 Å². The first-order valence-electron chi connectivity index (χ1n) is 4.71. The van der Waals surface area contributed by atoms with E-state index in [0.29, 0.717) is 3.17 Å². The molecule has 0 aromatic carbocycles. The first-order valence-corrected chi connectivity index (χ1v) is 8.30. The van der Waals surface area contributed by atoms with Crippen LogP contribution < -0.4 is 24.8 Å². The Morgan fingerprint density at radius 3 is 2.40 bits per heavy atom. The first-order chi connectivity index (χ1) is 6.21. The van der Waals surface area contributed by atoms with Gasteiger partial charge in [-0.15, -0.1) is 0 Å². The Kier molecular flexibility index (Phi) is 6.39. The van der Waals surface area contributed by atoms with Gasteiger partial charge in [0.1, 0.15) is 0 Å². The molecule has 0 saturated heterocycles. The van der Waals surface area contributed by atoms with E-state index < -0.39 is 22.9 Å². The fourth-order valence-electron chi connectivity index (χ4n) is 1.70. The van der Waals surface area contributed by atoms with Gasteiger partial charge in [-0.1, -0.05) is 0 Å². The predicted molar refractivity (Wildman–Crippen MR) is 53.1 cm³/mol. The Bertz CT molecular complexity index is 340. The molecule has 80 valence electrons. The van der Waals surface area contributed by atoms with E-state index in [9.17, 15) is 0 Å². The summed E-state index contributed by atoms with van der Waals surface area (Å²) in [6.45, 7) is 4.68. The van der Waals surface area contributed by atoms with Gasteiger partial charge < -0.3 is 24.8 Å². The van der Waals surface area contributed by atoms with Gasteiger partial charge in [0.15, 0.2) is 0 Å². The molecule has 15 heavy (non-hydrogen) atoms. The quantitative estimate of drug-likeness (QED) is 0.449. The number of rotatable bonds is 2. The topological polar surface area (TPSA) is 0 Å². The fourth-order valence-corrected chi connectivity index (χ4v) is 7.19. The third kappa shape index (κ3) is 3.44. The van der Waals surface area contributed by atoms with Crippen LogP contribution in [-0.4, -0.2) is 0 Å². The van der Waals surface area contributed by atoms with Crippen molar-refractivity contribution in [3.8, 4) is 0 Å². The molecule has 2 rings (SSSR count). The van der Waals surface area contributed by atoms with Gasteiger partial charge in [-0.25, -0.2) is 0 Å². The van der Waals surface area contributed by atoms with Crippen molar-refractivity contribution in [1.29, 1.82) is 0 Å². The molecule has 0 aromatic rings. The van der Waals surface area contributed by atoms with Gasteiger partial charge in [-0.2, -0.15) is 0 Å².